The molecule has 0 atom stereocenters. The summed E-state index contributed by atoms with van der Waals surface area (Å²) >= 11 is 12.9. The summed E-state index contributed by atoms with van der Waals surface area (Å²) in [5.74, 6) is 0.816. The zero-order valence-corrected chi connectivity index (χ0v) is 6.35. The van der Waals surface area contributed by atoms with Crippen LogP contribution in [0.25, 0.3) is 0 Å². The van der Waals surface area contributed by atoms with Crippen LogP contribution >= 0.6 is 35.0 Å². The third-order valence-electron chi connectivity index (χ3n) is 0.780. The summed E-state index contributed by atoms with van der Waals surface area (Å²) in [6.07, 6.45) is 1.80. The first-order valence-corrected chi connectivity index (χ1v) is 3.93. The highest BCUT2D eigenvalue weighted by molar-refractivity contribution is 8.02. The Kier molecular flexibility index (Phi) is 2.29. The van der Waals surface area contributed by atoms with E-state index in [1.54, 1.807) is 17.8 Å². The SMILES string of the molecule is ClC1=C(Cl)CSC=C1. The van der Waals surface area contributed by atoms with Crippen LogP contribution in [0.4, 0.5) is 0 Å². The quantitative estimate of drug-likeness (QED) is 0.534. The van der Waals surface area contributed by atoms with E-state index in [2.05, 4.69) is 0 Å². The maximum absolute atomic E-state index is 5.64. The predicted molar refractivity (Wildman–Crippen MR) is 40.3 cm³/mol. The summed E-state index contributed by atoms with van der Waals surface area (Å²) in [6.45, 7) is 0. The fraction of sp³-hybridized carbons (Fsp3) is 0.200. The first-order valence-electron chi connectivity index (χ1n) is 2.13. The number of thioether (sulfide) groups is 1. The molecule has 0 bridgehead atoms. The Balaban J connectivity index is 2.76. The van der Waals surface area contributed by atoms with Crippen molar-refractivity contribution in [1.82, 2.24) is 0 Å². The second kappa shape index (κ2) is 2.81. The summed E-state index contributed by atoms with van der Waals surface area (Å²) in [7, 11) is 0. The summed E-state index contributed by atoms with van der Waals surface area (Å²) in [5, 5.41) is 3.36. The Bertz CT molecular complexity index is 149. The third-order valence-corrected chi connectivity index (χ3v) is 2.51. The van der Waals surface area contributed by atoms with Crippen LogP contribution in [0.1, 0.15) is 0 Å². The second-order valence-electron chi connectivity index (χ2n) is 1.37. The van der Waals surface area contributed by atoms with Gasteiger partial charge in [-0.1, -0.05) is 23.2 Å². The number of hydrogen-bond donors (Lipinski definition) is 0. The fourth-order valence-corrected chi connectivity index (χ4v) is 1.55. The van der Waals surface area contributed by atoms with Crippen LogP contribution in [0.3, 0.4) is 0 Å². The first kappa shape index (κ1) is 6.53. The average Bonchev–Trinajstić information content (AvgIpc) is 1.77. The minimum atomic E-state index is 0.672. The van der Waals surface area contributed by atoms with Gasteiger partial charge in [-0.15, -0.1) is 11.8 Å². The van der Waals surface area contributed by atoms with Crippen molar-refractivity contribution in [3.05, 3.63) is 21.5 Å². The molecule has 44 valence electrons. The smallest absolute Gasteiger partial charge is 0.0564 e. The van der Waals surface area contributed by atoms with E-state index >= 15 is 0 Å². The molecule has 0 aromatic rings. The van der Waals surface area contributed by atoms with Gasteiger partial charge in [0.2, 0.25) is 0 Å². The van der Waals surface area contributed by atoms with E-state index in [1.807, 2.05) is 5.41 Å². The summed E-state index contributed by atoms with van der Waals surface area (Å²) in [6, 6.07) is 0. The van der Waals surface area contributed by atoms with Crippen LogP contribution in [-0.2, 0) is 0 Å². The van der Waals surface area contributed by atoms with Gasteiger partial charge >= 0.3 is 0 Å². The molecular formula is C5H4Cl2S. The summed E-state index contributed by atoms with van der Waals surface area (Å²) < 4.78 is 0. The van der Waals surface area contributed by atoms with Crippen LogP contribution in [0.15, 0.2) is 21.5 Å². The molecule has 0 aromatic carbocycles. The van der Waals surface area contributed by atoms with Crippen molar-refractivity contribution in [2.24, 2.45) is 0 Å². The number of halogens is 2. The van der Waals surface area contributed by atoms with Crippen molar-refractivity contribution in [3.63, 3.8) is 0 Å². The van der Waals surface area contributed by atoms with Gasteiger partial charge in [0.05, 0.1) is 5.03 Å². The monoisotopic (exact) mass is 166 g/mol. The van der Waals surface area contributed by atoms with Gasteiger partial charge < -0.3 is 0 Å². The average molecular weight is 167 g/mol. The lowest BCUT2D eigenvalue weighted by molar-refractivity contribution is 1.64. The lowest BCUT2D eigenvalue weighted by Crippen LogP contribution is -1.82. The highest BCUT2D eigenvalue weighted by atomic mass is 35.5. The standard InChI is InChI=1S/C5H4Cl2S/c6-4-1-2-8-3-5(4)7/h1-2H,3H2. The van der Waals surface area contributed by atoms with Crippen LogP contribution < -0.4 is 0 Å². The van der Waals surface area contributed by atoms with Crippen LogP contribution in [-0.4, -0.2) is 5.75 Å². The van der Waals surface area contributed by atoms with Gasteiger partial charge in [0, 0.05) is 10.8 Å². The Labute approximate surface area is 62.5 Å². The molecule has 0 spiro atoms. The molecule has 1 heterocycles. The van der Waals surface area contributed by atoms with E-state index in [1.165, 1.54) is 0 Å². The number of allylic oxidation sites excluding steroid dienone is 2. The van der Waals surface area contributed by atoms with Crippen molar-refractivity contribution in [1.29, 1.82) is 0 Å². The van der Waals surface area contributed by atoms with E-state index in [0.29, 0.717) is 5.03 Å². The van der Waals surface area contributed by atoms with E-state index in [9.17, 15) is 0 Å². The molecule has 0 saturated heterocycles. The molecule has 0 N–H and O–H groups in total. The zero-order valence-electron chi connectivity index (χ0n) is 4.03. The number of hydrogen-bond acceptors (Lipinski definition) is 1. The first-order chi connectivity index (χ1) is 3.80. The molecule has 0 saturated carbocycles. The van der Waals surface area contributed by atoms with E-state index in [-0.39, 0.29) is 0 Å². The molecule has 1 aliphatic heterocycles. The number of rotatable bonds is 0. The predicted octanol–water partition coefficient (Wildman–Crippen LogP) is 2.94. The van der Waals surface area contributed by atoms with Crippen LogP contribution in [0.5, 0.6) is 0 Å². The summed E-state index contributed by atoms with van der Waals surface area (Å²) in [5.41, 5.74) is 0. The van der Waals surface area contributed by atoms with Crippen LogP contribution in [0.2, 0.25) is 0 Å². The van der Waals surface area contributed by atoms with Crippen molar-refractivity contribution >= 4 is 35.0 Å². The van der Waals surface area contributed by atoms with Crippen molar-refractivity contribution < 1.29 is 0 Å². The molecule has 0 unspecified atom stereocenters. The molecule has 3 heteroatoms. The molecule has 1 rings (SSSR count). The molecule has 0 fully saturated rings. The zero-order chi connectivity index (χ0) is 5.98. The van der Waals surface area contributed by atoms with E-state index in [4.69, 9.17) is 23.2 Å². The molecule has 0 aliphatic carbocycles. The maximum Gasteiger partial charge on any atom is 0.0564 e. The third kappa shape index (κ3) is 1.44. The topological polar surface area (TPSA) is 0 Å². The highest BCUT2D eigenvalue weighted by Gasteiger charge is 2.01. The van der Waals surface area contributed by atoms with Crippen molar-refractivity contribution in [2.75, 3.05) is 5.75 Å². The fourth-order valence-electron chi connectivity index (χ4n) is 0.388. The highest BCUT2D eigenvalue weighted by Crippen LogP contribution is 2.25. The second-order valence-corrected chi connectivity index (χ2v) is 3.12. The lowest BCUT2D eigenvalue weighted by Gasteiger charge is -2.01. The Morgan fingerprint density at radius 3 is 2.62 bits per heavy atom. The van der Waals surface area contributed by atoms with Gasteiger partial charge in [-0.25, -0.2) is 0 Å². The van der Waals surface area contributed by atoms with Gasteiger partial charge in [0.25, 0.3) is 0 Å². The molecule has 1 aliphatic rings. The van der Waals surface area contributed by atoms with Gasteiger partial charge in [0.15, 0.2) is 0 Å². The maximum atomic E-state index is 5.64. The van der Waals surface area contributed by atoms with Gasteiger partial charge in [0.1, 0.15) is 0 Å². The molecule has 0 aromatic heterocycles. The lowest BCUT2D eigenvalue weighted by atomic mass is 10.5. The normalized spacial score (nSPS) is 19.8. The van der Waals surface area contributed by atoms with Crippen LogP contribution in [0, 0.1) is 0 Å². The molecule has 0 radical (unpaired) electrons. The van der Waals surface area contributed by atoms with Gasteiger partial charge in [-0.2, -0.15) is 0 Å². The molecule has 8 heavy (non-hydrogen) atoms. The van der Waals surface area contributed by atoms with E-state index in [0.717, 1.165) is 10.8 Å². The molecule has 0 amide bonds. The van der Waals surface area contributed by atoms with Crippen molar-refractivity contribution in [3.8, 4) is 0 Å². The Morgan fingerprint density at radius 2 is 2.25 bits per heavy atom. The Hall–Kier alpha value is 0.410. The molecular weight excluding hydrogens is 163 g/mol. The summed E-state index contributed by atoms with van der Waals surface area (Å²) in [4.78, 5) is 0. The van der Waals surface area contributed by atoms with Gasteiger partial charge in [-0.3, -0.25) is 0 Å². The van der Waals surface area contributed by atoms with Crippen molar-refractivity contribution in [2.45, 2.75) is 0 Å². The molecule has 0 nitrogen and oxygen atoms in total. The minimum Gasteiger partial charge on any atom is -0.128 e. The van der Waals surface area contributed by atoms with E-state index < -0.39 is 0 Å². The minimum absolute atomic E-state index is 0.672. The Morgan fingerprint density at radius 1 is 1.50 bits per heavy atom. The largest absolute Gasteiger partial charge is 0.128 e. The van der Waals surface area contributed by atoms with Gasteiger partial charge in [-0.05, 0) is 11.5 Å².